The molecule has 0 aliphatic carbocycles. The van der Waals surface area contributed by atoms with Crippen molar-refractivity contribution in [2.45, 2.75) is 25.8 Å². The predicted octanol–water partition coefficient (Wildman–Crippen LogP) is 2.21. The molecule has 1 unspecified atom stereocenters. The molecule has 1 aromatic rings. The SMILES string of the molecule is CC(CN1CCCC1)Nc1nc(Cl)ccc1N. The van der Waals surface area contributed by atoms with E-state index in [9.17, 15) is 0 Å². The van der Waals surface area contributed by atoms with E-state index in [1.807, 2.05) is 0 Å². The highest BCUT2D eigenvalue weighted by Gasteiger charge is 2.15. The minimum Gasteiger partial charge on any atom is -0.396 e. The molecule has 17 heavy (non-hydrogen) atoms. The number of rotatable bonds is 4. The number of likely N-dealkylation sites (tertiary alicyclic amines) is 1. The van der Waals surface area contributed by atoms with Crippen molar-refractivity contribution >= 4 is 23.1 Å². The molecular weight excluding hydrogens is 236 g/mol. The van der Waals surface area contributed by atoms with Gasteiger partial charge in [-0.15, -0.1) is 0 Å². The van der Waals surface area contributed by atoms with Gasteiger partial charge in [0.1, 0.15) is 5.15 Å². The number of pyridine rings is 1. The molecule has 94 valence electrons. The van der Waals surface area contributed by atoms with Crippen LogP contribution in [0.5, 0.6) is 0 Å². The van der Waals surface area contributed by atoms with Crippen molar-refractivity contribution in [1.29, 1.82) is 0 Å². The van der Waals surface area contributed by atoms with Crippen LogP contribution in [0.4, 0.5) is 11.5 Å². The lowest BCUT2D eigenvalue weighted by Crippen LogP contribution is -2.33. The Morgan fingerprint density at radius 2 is 2.18 bits per heavy atom. The molecule has 1 fully saturated rings. The molecule has 1 aliphatic heterocycles. The minimum atomic E-state index is 0.321. The van der Waals surface area contributed by atoms with Gasteiger partial charge in [-0.1, -0.05) is 11.6 Å². The summed E-state index contributed by atoms with van der Waals surface area (Å²) in [5, 5.41) is 3.78. The molecule has 0 bridgehead atoms. The summed E-state index contributed by atoms with van der Waals surface area (Å²) in [5.41, 5.74) is 6.49. The van der Waals surface area contributed by atoms with E-state index in [2.05, 4.69) is 22.1 Å². The van der Waals surface area contributed by atoms with Gasteiger partial charge in [-0.05, 0) is 45.0 Å². The van der Waals surface area contributed by atoms with Gasteiger partial charge in [0.25, 0.3) is 0 Å². The maximum atomic E-state index is 5.85. The maximum Gasteiger partial charge on any atom is 0.151 e. The fourth-order valence-electron chi connectivity index (χ4n) is 2.19. The van der Waals surface area contributed by atoms with E-state index in [0.717, 1.165) is 6.54 Å². The summed E-state index contributed by atoms with van der Waals surface area (Å²) in [5.74, 6) is 0.684. The van der Waals surface area contributed by atoms with Crippen molar-refractivity contribution in [3.8, 4) is 0 Å². The number of nitrogens with one attached hydrogen (secondary N) is 1. The van der Waals surface area contributed by atoms with E-state index >= 15 is 0 Å². The van der Waals surface area contributed by atoms with Crippen molar-refractivity contribution in [2.75, 3.05) is 30.7 Å². The molecule has 0 spiro atoms. The van der Waals surface area contributed by atoms with Crippen LogP contribution in [-0.2, 0) is 0 Å². The van der Waals surface area contributed by atoms with Gasteiger partial charge in [-0.25, -0.2) is 4.98 Å². The first-order valence-electron chi connectivity index (χ1n) is 6.06. The minimum absolute atomic E-state index is 0.321. The molecule has 0 aromatic carbocycles. The zero-order chi connectivity index (χ0) is 12.3. The van der Waals surface area contributed by atoms with Gasteiger partial charge in [-0.3, -0.25) is 0 Å². The summed E-state index contributed by atoms with van der Waals surface area (Å²) in [6, 6.07) is 3.80. The molecule has 0 amide bonds. The van der Waals surface area contributed by atoms with Crippen molar-refractivity contribution in [2.24, 2.45) is 0 Å². The third-order valence-electron chi connectivity index (χ3n) is 3.01. The first kappa shape index (κ1) is 12.5. The van der Waals surface area contributed by atoms with Gasteiger partial charge in [0.15, 0.2) is 5.82 Å². The van der Waals surface area contributed by atoms with E-state index in [-0.39, 0.29) is 0 Å². The second-order valence-corrected chi connectivity index (χ2v) is 5.01. The zero-order valence-corrected chi connectivity index (χ0v) is 10.9. The molecule has 0 saturated carbocycles. The molecule has 3 N–H and O–H groups in total. The summed E-state index contributed by atoms with van der Waals surface area (Å²) < 4.78 is 0. The topological polar surface area (TPSA) is 54.2 Å². The lowest BCUT2D eigenvalue weighted by molar-refractivity contribution is 0.327. The molecule has 1 aromatic heterocycles. The lowest BCUT2D eigenvalue weighted by atomic mass is 10.3. The van der Waals surface area contributed by atoms with Gasteiger partial charge >= 0.3 is 0 Å². The second-order valence-electron chi connectivity index (χ2n) is 4.62. The molecule has 2 heterocycles. The monoisotopic (exact) mass is 254 g/mol. The van der Waals surface area contributed by atoms with Gasteiger partial charge < -0.3 is 16.0 Å². The smallest absolute Gasteiger partial charge is 0.151 e. The standard InChI is InChI=1S/C12H19ClN4/c1-9(8-17-6-2-3-7-17)15-12-10(14)4-5-11(13)16-12/h4-5,9H,2-3,6-8,14H2,1H3,(H,15,16). The number of nitrogen functional groups attached to an aromatic ring is 1. The summed E-state index contributed by atoms with van der Waals surface area (Å²) in [7, 11) is 0. The molecular formula is C12H19ClN4. The largest absolute Gasteiger partial charge is 0.396 e. The lowest BCUT2D eigenvalue weighted by Gasteiger charge is -2.22. The van der Waals surface area contributed by atoms with Crippen molar-refractivity contribution in [1.82, 2.24) is 9.88 Å². The van der Waals surface area contributed by atoms with E-state index in [4.69, 9.17) is 17.3 Å². The predicted molar refractivity (Wildman–Crippen MR) is 72.4 cm³/mol. The summed E-state index contributed by atoms with van der Waals surface area (Å²) in [4.78, 5) is 6.65. The Hall–Kier alpha value is -1.00. The highest BCUT2D eigenvalue weighted by Crippen LogP contribution is 2.19. The van der Waals surface area contributed by atoms with Crippen molar-refractivity contribution in [3.63, 3.8) is 0 Å². The molecule has 1 saturated heterocycles. The van der Waals surface area contributed by atoms with E-state index in [1.165, 1.54) is 25.9 Å². The molecule has 4 nitrogen and oxygen atoms in total. The molecule has 5 heteroatoms. The fraction of sp³-hybridized carbons (Fsp3) is 0.583. The normalized spacial score (nSPS) is 18.2. The molecule has 0 radical (unpaired) electrons. The van der Waals surface area contributed by atoms with Crippen LogP contribution in [-0.4, -0.2) is 35.6 Å². The van der Waals surface area contributed by atoms with Crippen molar-refractivity contribution in [3.05, 3.63) is 17.3 Å². The van der Waals surface area contributed by atoms with Crippen LogP contribution in [0.15, 0.2) is 12.1 Å². The Balaban J connectivity index is 1.92. The summed E-state index contributed by atoms with van der Waals surface area (Å²) >= 11 is 5.85. The number of hydrogen-bond donors (Lipinski definition) is 2. The van der Waals surface area contributed by atoms with Crippen LogP contribution >= 0.6 is 11.6 Å². The van der Waals surface area contributed by atoms with Crippen molar-refractivity contribution < 1.29 is 0 Å². The fourth-order valence-corrected chi connectivity index (χ4v) is 2.34. The van der Waals surface area contributed by atoms with Crippen LogP contribution in [0.25, 0.3) is 0 Å². The number of nitrogens with zero attached hydrogens (tertiary/aromatic N) is 2. The number of halogens is 1. The summed E-state index contributed by atoms with van der Waals surface area (Å²) in [6.07, 6.45) is 2.62. The number of nitrogens with two attached hydrogens (primary N) is 1. The van der Waals surface area contributed by atoms with E-state index in [0.29, 0.717) is 22.7 Å². The van der Waals surface area contributed by atoms with Crippen LogP contribution in [0, 0.1) is 0 Å². The van der Waals surface area contributed by atoms with Crippen LogP contribution < -0.4 is 11.1 Å². The highest BCUT2D eigenvalue weighted by molar-refractivity contribution is 6.29. The first-order chi connectivity index (χ1) is 8.15. The Morgan fingerprint density at radius 3 is 2.88 bits per heavy atom. The van der Waals surface area contributed by atoms with Gasteiger partial charge in [-0.2, -0.15) is 0 Å². The number of anilines is 2. The molecule has 1 atom stereocenters. The van der Waals surface area contributed by atoms with Crippen LogP contribution in [0.2, 0.25) is 5.15 Å². The first-order valence-corrected chi connectivity index (χ1v) is 6.44. The quantitative estimate of drug-likeness (QED) is 0.809. The summed E-state index contributed by atoms with van der Waals surface area (Å²) in [6.45, 7) is 5.56. The Bertz CT molecular complexity index is 377. The maximum absolute atomic E-state index is 5.85. The molecule has 1 aliphatic rings. The Morgan fingerprint density at radius 1 is 1.47 bits per heavy atom. The van der Waals surface area contributed by atoms with Gasteiger partial charge in [0, 0.05) is 12.6 Å². The number of hydrogen-bond acceptors (Lipinski definition) is 4. The van der Waals surface area contributed by atoms with Gasteiger partial charge in [0.05, 0.1) is 5.69 Å². The Labute approximate surface area is 107 Å². The number of aromatic nitrogens is 1. The average Bonchev–Trinajstić information content (AvgIpc) is 2.76. The Kier molecular flexibility index (Phi) is 4.07. The van der Waals surface area contributed by atoms with Gasteiger partial charge in [0.2, 0.25) is 0 Å². The third-order valence-corrected chi connectivity index (χ3v) is 3.22. The third kappa shape index (κ3) is 3.48. The highest BCUT2D eigenvalue weighted by atomic mass is 35.5. The van der Waals surface area contributed by atoms with Crippen LogP contribution in [0.1, 0.15) is 19.8 Å². The van der Waals surface area contributed by atoms with Crippen LogP contribution in [0.3, 0.4) is 0 Å². The second kappa shape index (κ2) is 5.56. The average molecular weight is 255 g/mol. The zero-order valence-electron chi connectivity index (χ0n) is 10.1. The van der Waals surface area contributed by atoms with E-state index in [1.54, 1.807) is 12.1 Å². The molecule has 2 rings (SSSR count). The van der Waals surface area contributed by atoms with E-state index < -0.39 is 0 Å².